The number of halogens is 2. The van der Waals surface area contributed by atoms with Gasteiger partial charge in [-0.25, -0.2) is 4.98 Å². The van der Waals surface area contributed by atoms with Crippen LogP contribution in [0.5, 0.6) is 0 Å². The van der Waals surface area contributed by atoms with Crippen molar-refractivity contribution in [3.8, 4) is 0 Å². The number of hydrogen-bond donors (Lipinski definition) is 3. The van der Waals surface area contributed by atoms with E-state index in [1.165, 1.54) is 6.07 Å². The lowest BCUT2D eigenvalue weighted by atomic mass is 10.0. The van der Waals surface area contributed by atoms with Crippen LogP contribution in [-0.4, -0.2) is 34.9 Å². The lowest BCUT2D eigenvalue weighted by Crippen LogP contribution is -2.23. The second-order valence-electron chi connectivity index (χ2n) is 3.45. The lowest BCUT2D eigenvalue weighted by molar-refractivity contribution is 0.0138. The maximum Gasteiger partial charge on any atom is 0.231 e. The fraction of sp³-hybridized carbons (Fsp3) is 0.500. The second-order valence-corrected chi connectivity index (χ2v) is 3.85. The summed E-state index contributed by atoms with van der Waals surface area (Å²) in [6.45, 7) is 0.570. The van der Waals surface area contributed by atoms with E-state index in [1.54, 1.807) is 7.05 Å². The molecule has 1 heterocycles. The van der Waals surface area contributed by atoms with E-state index in [0.29, 0.717) is 18.5 Å². The third kappa shape index (κ3) is 3.38. The van der Waals surface area contributed by atoms with Gasteiger partial charge >= 0.3 is 0 Å². The van der Waals surface area contributed by atoms with Crippen molar-refractivity contribution in [3.63, 3.8) is 0 Å². The van der Waals surface area contributed by atoms with Crippen molar-refractivity contribution in [2.24, 2.45) is 0 Å². The van der Waals surface area contributed by atoms with E-state index in [4.69, 9.17) is 11.6 Å². The Morgan fingerprint density at radius 3 is 2.81 bits per heavy atom. The van der Waals surface area contributed by atoms with E-state index in [9.17, 15) is 14.6 Å². The molecule has 1 rings (SSSR count). The molecule has 0 saturated heterocycles. The van der Waals surface area contributed by atoms with Crippen LogP contribution in [0.15, 0.2) is 12.3 Å². The average molecular weight is 249 g/mol. The summed E-state index contributed by atoms with van der Waals surface area (Å²) in [6, 6.07) is 1.26. The van der Waals surface area contributed by atoms with E-state index in [2.05, 4.69) is 10.3 Å². The molecule has 0 aliphatic heterocycles. The van der Waals surface area contributed by atoms with E-state index in [0.717, 1.165) is 6.20 Å². The van der Waals surface area contributed by atoms with E-state index >= 15 is 0 Å². The van der Waals surface area contributed by atoms with Gasteiger partial charge in [-0.15, -0.1) is 0 Å². The summed E-state index contributed by atoms with van der Waals surface area (Å²) in [5.41, 5.74) is 0.301. The van der Waals surface area contributed by atoms with Crippen LogP contribution in [0.1, 0.15) is 18.1 Å². The molecular formula is C10H14ClFN2O2. The Labute approximate surface area is 98.1 Å². The third-order valence-corrected chi connectivity index (χ3v) is 2.48. The van der Waals surface area contributed by atoms with Crippen molar-refractivity contribution >= 4 is 11.6 Å². The summed E-state index contributed by atoms with van der Waals surface area (Å²) in [5.74, 6) is -0.790. The molecule has 0 spiro atoms. The third-order valence-electron chi connectivity index (χ3n) is 2.21. The normalized spacial score (nSPS) is 14.8. The maximum atomic E-state index is 12.8. The molecule has 0 saturated carbocycles. The van der Waals surface area contributed by atoms with E-state index in [1.807, 2.05) is 0 Å². The van der Waals surface area contributed by atoms with Crippen molar-refractivity contribution in [1.82, 2.24) is 10.3 Å². The van der Waals surface area contributed by atoms with Gasteiger partial charge in [-0.05, 0) is 26.1 Å². The first-order valence-electron chi connectivity index (χ1n) is 4.88. The van der Waals surface area contributed by atoms with Crippen LogP contribution in [0.4, 0.5) is 4.39 Å². The number of pyridine rings is 1. The molecule has 2 atom stereocenters. The number of aromatic nitrogens is 1. The molecule has 90 valence electrons. The maximum absolute atomic E-state index is 12.8. The van der Waals surface area contributed by atoms with Crippen molar-refractivity contribution in [2.75, 3.05) is 13.6 Å². The SMILES string of the molecule is CNCCC(O)C(O)c1cnc(F)c(Cl)c1. The highest BCUT2D eigenvalue weighted by molar-refractivity contribution is 6.30. The number of hydrogen-bond acceptors (Lipinski definition) is 4. The summed E-state index contributed by atoms with van der Waals surface area (Å²) in [4.78, 5) is 3.38. The van der Waals surface area contributed by atoms with Crippen molar-refractivity contribution in [3.05, 3.63) is 28.8 Å². The minimum atomic E-state index is -1.11. The van der Waals surface area contributed by atoms with Gasteiger partial charge in [0.05, 0.1) is 11.1 Å². The molecule has 3 N–H and O–H groups in total. The summed E-state index contributed by atoms with van der Waals surface area (Å²) >= 11 is 5.52. The Balaban J connectivity index is 2.71. The molecule has 1 aromatic heterocycles. The van der Waals surface area contributed by atoms with E-state index < -0.39 is 18.2 Å². The smallest absolute Gasteiger partial charge is 0.231 e. The van der Waals surface area contributed by atoms with Gasteiger partial charge in [-0.1, -0.05) is 11.6 Å². The van der Waals surface area contributed by atoms with Gasteiger partial charge < -0.3 is 15.5 Å². The van der Waals surface area contributed by atoms with Crippen LogP contribution in [0.3, 0.4) is 0 Å². The topological polar surface area (TPSA) is 65.4 Å². The fourth-order valence-corrected chi connectivity index (χ4v) is 1.44. The molecule has 0 aliphatic rings. The summed E-state index contributed by atoms with van der Waals surface area (Å²) < 4.78 is 12.8. The van der Waals surface area contributed by atoms with Gasteiger partial charge in [0.1, 0.15) is 6.10 Å². The molecule has 1 aromatic rings. The van der Waals surface area contributed by atoms with Crippen LogP contribution in [0.2, 0.25) is 5.02 Å². The summed E-state index contributed by atoms with van der Waals surface area (Å²) in [5, 5.41) is 22.0. The van der Waals surface area contributed by atoms with Gasteiger partial charge in [0, 0.05) is 11.8 Å². The zero-order valence-corrected chi connectivity index (χ0v) is 9.58. The van der Waals surface area contributed by atoms with E-state index in [-0.39, 0.29) is 5.02 Å². The number of nitrogens with one attached hydrogen (secondary N) is 1. The molecule has 16 heavy (non-hydrogen) atoms. The quantitative estimate of drug-likeness (QED) is 0.677. The number of aliphatic hydroxyl groups is 2. The van der Waals surface area contributed by atoms with Gasteiger partial charge in [0.2, 0.25) is 5.95 Å². The molecule has 0 amide bonds. The van der Waals surface area contributed by atoms with Crippen molar-refractivity contribution < 1.29 is 14.6 Å². The predicted molar refractivity (Wildman–Crippen MR) is 58.7 cm³/mol. The average Bonchev–Trinajstić information content (AvgIpc) is 2.28. The van der Waals surface area contributed by atoms with Gasteiger partial charge in [-0.2, -0.15) is 4.39 Å². The molecule has 4 nitrogen and oxygen atoms in total. The monoisotopic (exact) mass is 248 g/mol. The van der Waals surface area contributed by atoms with Gasteiger partial charge in [0.25, 0.3) is 0 Å². The molecule has 6 heteroatoms. The second kappa shape index (κ2) is 6.10. The first kappa shape index (κ1) is 13.3. The van der Waals surface area contributed by atoms with Crippen molar-refractivity contribution in [2.45, 2.75) is 18.6 Å². The lowest BCUT2D eigenvalue weighted by Gasteiger charge is -2.17. The van der Waals surface area contributed by atoms with Gasteiger partial charge in [0.15, 0.2) is 0 Å². The Hall–Kier alpha value is -0.750. The molecule has 0 aliphatic carbocycles. The minimum Gasteiger partial charge on any atom is -0.390 e. The van der Waals surface area contributed by atoms with Gasteiger partial charge in [-0.3, -0.25) is 0 Å². The van der Waals surface area contributed by atoms with Crippen LogP contribution in [0, 0.1) is 5.95 Å². The molecule has 2 unspecified atom stereocenters. The highest BCUT2D eigenvalue weighted by atomic mass is 35.5. The molecule has 0 bridgehead atoms. The number of rotatable bonds is 5. The fourth-order valence-electron chi connectivity index (χ4n) is 1.27. The van der Waals surface area contributed by atoms with Crippen LogP contribution in [-0.2, 0) is 0 Å². The largest absolute Gasteiger partial charge is 0.390 e. The molecule has 0 aromatic carbocycles. The Morgan fingerprint density at radius 1 is 1.56 bits per heavy atom. The first-order valence-corrected chi connectivity index (χ1v) is 5.25. The Morgan fingerprint density at radius 2 is 2.25 bits per heavy atom. The molecule has 0 fully saturated rings. The standard InChI is InChI=1S/C10H14ClFN2O2/c1-13-3-2-8(15)9(16)6-4-7(11)10(12)14-5-6/h4-5,8-9,13,15-16H,2-3H2,1H3. The van der Waals surface area contributed by atoms with Crippen LogP contribution < -0.4 is 5.32 Å². The molecular weight excluding hydrogens is 235 g/mol. The highest BCUT2D eigenvalue weighted by Crippen LogP contribution is 2.22. The number of nitrogens with zero attached hydrogens (tertiary/aromatic N) is 1. The van der Waals surface area contributed by atoms with Crippen LogP contribution >= 0.6 is 11.6 Å². The highest BCUT2D eigenvalue weighted by Gasteiger charge is 2.19. The minimum absolute atomic E-state index is 0.169. The summed E-state index contributed by atoms with van der Waals surface area (Å²) in [7, 11) is 1.75. The van der Waals surface area contributed by atoms with Crippen LogP contribution in [0.25, 0.3) is 0 Å². The Bertz CT molecular complexity index is 352. The van der Waals surface area contributed by atoms with Crippen molar-refractivity contribution in [1.29, 1.82) is 0 Å². The first-order chi connectivity index (χ1) is 7.56. The predicted octanol–water partition coefficient (Wildman–Crippen LogP) is 0.878. The molecule has 0 radical (unpaired) electrons. The summed E-state index contributed by atoms with van der Waals surface area (Å²) in [6.07, 6.45) is -0.504. The zero-order valence-electron chi connectivity index (χ0n) is 8.82. The zero-order chi connectivity index (χ0) is 12.1. The number of aliphatic hydroxyl groups excluding tert-OH is 2. The Kier molecular flexibility index (Phi) is 5.08.